The van der Waals surface area contributed by atoms with Crippen molar-refractivity contribution in [3.63, 3.8) is 0 Å². The predicted molar refractivity (Wildman–Crippen MR) is 101 cm³/mol. The van der Waals surface area contributed by atoms with Gasteiger partial charge in [-0.2, -0.15) is 4.68 Å². The molecular weight excluding hydrogens is 314 g/mol. The van der Waals surface area contributed by atoms with Crippen molar-refractivity contribution in [1.29, 1.82) is 0 Å². The van der Waals surface area contributed by atoms with Crippen molar-refractivity contribution < 1.29 is 9.53 Å². The van der Waals surface area contributed by atoms with E-state index in [0.717, 1.165) is 25.7 Å². The molecule has 0 aliphatic rings. The van der Waals surface area contributed by atoms with Gasteiger partial charge in [0.05, 0.1) is 0 Å². The molecular formula is C20H37N3O2. The molecule has 25 heavy (non-hydrogen) atoms. The normalized spacial score (nSPS) is 15.6. The Labute approximate surface area is 153 Å². The molecule has 144 valence electrons. The Morgan fingerprint density at radius 1 is 1.24 bits per heavy atom. The van der Waals surface area contributed by atoms with Crippen molar-refractivity contribution in [2.24, 2.45) is 17.3 Å². The molecule has 0 fully saturated rings. The van der Waals surface area contributed by atoms with Gasteiger partial charge in [0.2, 0.25) is 0 Å². The third-order valence-corrected chi connectivity index (χ3v) is 4.64. The molecule has 0 amide bonds. The van der Waals surface area contributed by atoms with Crippen LogP contribution in [0, 0.1) is 17.3 Å². The summed E-state index contributed by atoms with van der Waals surface area (Å²) in [5, 5.41) is 3.89. The van der Waals surface area contributed by atoms with Gasteiger partial charge in [-0.1, -0.05) is 67.2 Å². The highest BCUT2D eigenvalue weighted by molar-refractivity contribution is 5.68. The number of carbonyl (C=O) groups excluding carboxylic acids is 1. The lowest BCUT2D eigenvalue weighted by molar-refractivity contribution is 0.0609. The zero-order chi connectivity index (χ0) is 18.9. The summed E-state index contributed by atoms with van der Waals surface area (Å²) < 4.78 is 6.99. The van der Waals surface area contributed by atoms with Gasteiger partial charge < -0.3 is 4.74 Å². The van der Waals surface area contributed by atoms with Crippen molar-refractivity contribution in [2.75, 3.05) is 0 Å². The van der Waals surface area contributed by atoms with Gasteiger partial charge in [-0.15, -0.1) is 5.10 Å². The van der Waals surface area contributed by atoms with Crippen molar-refractivity contribution >= 4 is 6.09 Å². The molecule has 1 heterocycles. The fourth-order valence-electron chi connectivity index (χ4n) is 3.62. The molecule has 0 saturated carbocycles. The summed E-state index contributed by atoms with van der Waals surface area (Å²) in [4.78, 5) is 16.1. The van der Waals surface area contributed by atoms with E-state index in [9.17, 15) is 4.79 Å². The first kappa shape index (κ1) is 21.7. The van der Waals surface area contributed by atoms with E-state index in [0.29, 0.717) is 11.8 Å². The number of unbranched alkanes of at least 4 members (excludes halogenated alkanes) is 1. The third-order valence-electron chi connectivity index (χ3n) is 4.64. The highest BCUT2D eigenvalue weighted by Crippen LogP contribution is 2.30. The van der Waals surface area contributed by atoms with Crippen LogP contribution in [0.1, 0.15) is 86.5 Å². The lowest BCUT2D eigenvalue weighted by atomic mass is 9.81. The van der Waals surface area contributed by atoms with Gasteiger partial charge in [0.1, 0.15) is 18.8 Å². The third kappa shape index (κ3) is 9.03. The summed E-state index contributed by atoms with van der Waals surface area (Å²) in [6.45, 7) is 13.5. The van der Waals surface area contributed by atoms with E-state index < -0.39 is 6.09 Å². The van der Waals surface area contributed by atoms with E-state index in [1.54, 1.807) is 0 Å². The highest BCUT2D eigenvalue weighted by atomic mass is 16.6. The molecule has 5 nitrogen and oxygen atoms in total. The predicted octanol–water partition coefficient (Wildman–Crippen LogP) is 5.70. The number of ether oxygens (including phenoxy) is 1. The molecule has 0 aromatic carbocycles. The highest BCUT2D eigenvalue weighted by Gasteiger charge is 2.24. The van der Waals surface area contributed by atoms with Gasteiger partial charge in [-0.3, -0.25) is 0 Å². The van der Waals surface area contributed by atoms with Crippen LogP contribution in [0.2, 0.25) is 0 Å². The summed E-state index contributed by atoms with van der Waals surface area (Å²) in [6.07, 6.45) is 10.0. The van der Waals surface area contributed by atoms with Crippen LogP contribution in [0.4, 0.5) is 4.79 Å². The summed E-state index contributed by atoms with van der Waals surface area (Å²) >= 11 is 0. The van der Waals surface area contributed by atoms with Crippen molar-refractivity contribution in [1.82, 2.24) is 14.8 Å². The Morgan fingerprint density at radius 2 is 1.96 bits per heavy atom. The molecule has 0 saturated heterocycles. The summed E-state index contributed by atoms with van der Waals surface area (Å²) in [5.74, 6) is 1.12. The maximum absolute atomic E-state index is 12.3. The first-order valence-corrected chi connectivity index (χ1v) is 9.80. The lowest BCUT2D eigenvalue weighted by Gasteiger charge is -2.28. The Morgan fingerprint density at radius 3 is 2.48 bits per heavy atom. The standard InChI is InChI=1S/C20H37N3O2/c1-7-9-10-17(8-2)12-18(11-16(3)13-20(4,5)6)25-19(24)23-15-21-14-22-23/h14-18H,7-13H2,1-6H3. The molecule has 0 radical (unpaired) electrons. The van der Waals surface area contributed by atoms with Crippen LogP contribution >= 0.6 is 0 Å². The summed E-state index contributed by atoms with van der Waals surface area (Å²) in [5.41, 5.74) is 0.284. The van der Waals surface area contributed by atoms with E-state index >= 15 is 0 Å². The second-order valence-corrected chi connectivity index (χ2v) is 8.60. The number of nitrogens with zero attached hydrogens (tertiary/aromatic N) is 3. The molecule has 1 aromatic heterocycles. The SMILES string of the molecule is CCCCC(CC)CC(CC(C)CC(C)(C)C)OC(=O)n1cncn1. The van der Waals surface area contributed by atoms with Crippen LogP contribution in [0.5, 0.6) is 0 Å². The van der Waals surface area contributed by atoms with Gasteiger partial charge in [-0.25, -0.2) is 9.78 Å². The molecule has 3 atom stereocenters. The summed E-state index contributed by atoms with van der Waals surface area (Å²) in [6, 6.07) is 0. The Bertz CT molecular complexity index is 480. The molecule has 0 aliphatic heterocycles. The van der Waals surface area contributed by atoms with Crippen LogP contribution in [0.3, 0.4) is 0 Å². The van der Waals surface area contributed by atoms with Gasteiger partial charge in [-0.05, 0) is 36.5 Å². The van der Waals surface area contributed by atoms with Gasteiger partial charge >= 0.3 is 6.09 Å². The van der Waals surface area contributed by atoms with E-state index in [4.69, 9.17) is 4.74 Å². The average molecular weight is 352 g/mol. The minimum Gasteiger partial charge on any atom is -0.445 e. The van der Waals surface area contributed by atoms with E-state index in [1.165, 1.54) is 36.6 Å². The molecule has 1 aromatic rings. The van der Waals surface area contributed by atoms with Crippen molar-refractivity contribution in [3.05, 3.63) is 12.7 Å². The van der Waals surface area contributed by atoms with Crippen LogP contribution in [-0.4, -0.2) is 27.0 Å². The van der Waals surface area contributed by atoms with E-state index in [1.807, 2.05) is 0 Å². The number of carbonyl (C=O) groups is 1. The minimum atomic E-state index is -0.421. The molecule has 1 rings (SSSR count). The largest absolute Gasteiger partial charge is 0.445 e. The maximum atomic E-state index is 12.3. The van der Waals surface area contributed by atoms with Crippen LogP contribution < -0.4 is 0 Å². The second-order valence-electron chi connectivity index (χ2n) is 8.60. The van der Waals surface area contributed by atoms with Crippen molar-refractivity contribution in [2.45, 2.75) is 92.6 Å². The number of hydrogen-bond acceptors (Lipinski definition) is 4. The zero-order valence-corrected chi connectivity index (χ0v) is 17.0. The van der Waals surface area contributed by atoms with E-state index in [-0.39, 0.29) is 11.5 Å². The topological polar surface area (TPSA) is 57.0 Å². The average Bonchev–Trinajstić information content (AvgIpc) is 3.03. The maximum Gasteiger partial charge on any atom is 0.436 e. The van der Waals surface area contributed by atoms with Gasteiger partial charge in [0.25, 0.3) is 0 Å². The van der Waals surface area contributed by atoms with Crippen LogP contribution in [0.15, 0.2) is 12.7 Å². The molecule has 5 heteroatoms. The minimum absolute atomic E-state index is 0.0594. The fourth-order valence-corrected chi connectivity index (χ4v) is 3.62. The first-order valence-electron chi connectivity index (χ1n) is 9.80. The quantitative estimate of drug-likeness (QED) is 0.542. The molecule has 0 bridgehead atoms. The van der Waals surface area contributed by atoms with Crippen LogP contribution in [0.25, 0.3) is 0 Å². The molecule has 0 N–H and O–H groups in total. The number of aromatic nitrogens is 3. The Hall–Kier alpha value is -1.39. The smallest absolute Gasteiger partial charge is 0.436 e. The molecule has 3 unspecified atom stereocenters. The molecule has 0 aliphatic carbocycles. The van der Waals surface area contributed by atoms with E-state index in [2.05, 4.69) is 51.6 Å². The Balaban J connectivity index is 2.72. The number of rotatable bonds is 10. The van der Waals surface area contributed by atoms with Crippen LogP contribution in [-0.2, 0) is 4.74 Å². The lowest BCUT2D eigenvalue weighted by Crippen LogP contribution is -2.27. The fraction of sp³-hybridized carbons (Fsp3) is 0.850. The van der Waals surface area contributed by atoms with Gasteiger partial charge in [0.15, 0.2) is 0 Å². The van der Waals surface area contributed by atoms with Crippen molar-refractivity contribution in [3.8, 4) is 0 Å². The Kier molecular flexibility index (Phi) is 9.15. The van der Waals surface area contributed by atoms with Gasteiger partial charge in [0, 0.05) is 0 Å². The summed E-state index contributed by atoms with van der Waals surface area (Å²) in [7, 11) is 0. The first-order chi connectivity index (χ1) is 11.7. The molecule has 0 spiro atoms. The monoisotopic (exact) mass is 351 g/mol. The number of hydrogen-bond donors (Lipinski definition) is 0. The zero-order valence-electron chi connectivity index (χ0n) is 17.0. The second kappa shape index (κ2) is 10.6.